The van der Waals surface area contributed by atoms with Gasteiger partial charge in [-0.25, -0.2) is 4.37 Å². The first kappa shape index (κ1) is 13.5. The summed E-state index contributed by atoms with van der Waals surface area (Å²) in [6, 6.07) is 9.11. The molecule has 0 atom stereocenters. The van der Waals surface area contributed by atoms with Crippen molar-refractivity contribution in [2.45, 2.75) is 19.8 Å². The maximum atomic E-state index is 11.9. The van der Waals surface area contributed by atoms with Crippen molar-refractivity contribution >= 4 is 23.1 Å². The van der Waals surface area contributed by atoms with E-state index in [2.05, 4.69) is 16.6 Å². The summed E-state index contributed by atoms with van der Waals surface area (Å²) in [5, 5.41) is 2.83. The summed E-state index contributed by atoms with van der Waals surface area (Å²) < 4.78 is 9.51. The van der Waals surface area contributed by atoms with Gasteiger partial charge in [0.2, 0.25) is 0 Å². The molecule has 0 saturated carbocycles. The summed E-state index contributed by atoms with van der Waals surface area (Å²) in [6.45, 7) is 2.82. The molecule has 0 bridgehead atoms. The monoisotopic (exact) mass is 276 g/mol. The molecule has 19 heavy (non-hydrogen) atoms. The highest BCUT2D eigenvalue weighted by Gasteiger charge is 2.07. The third kappa shape index (κ3) is 4.06. The van der Waals surface area contributed by atoms with Gasteiger partial charge in [0.1, 0.15) is 10.6 Å². The molecule has 0 saturated heterocycles. The average molecular weight is 276 g/mol. The van der Waals surface area contributed by atoms with Crippen molar-refractivity contribution in [3.8, 4) is 5.75 Å². The average Bonchev–Trinajstić information content (AvgIpc) is 2.93. The number of nitrogens with zero attached hydrogens (tertiary/aromatic N) is 1. The quantitative estimate of drug-likeness (QED) is 0.820. The number of carbonyl (C=O) groups excluding carboxylic acids is 1. The molecule has 0 aliphatic rings. The molecule has 1 heterocycles. The van der Waals surface area contributed by atoms with Crippen LogP contribution in [0.3, 0.4) is 0 Å². The number of anilines is 1. The standard InChI is InChI=1S/C14H16N2O2S/c1-2-3-9-18-12-6-4-5-11(10-12)16-14(17)13-7-8-15-19-13/h4-8,10H,2-3,9H2,1H3,(H,16,17). The summed E-state index contributed by atoms with van der Waals surface area (Å²) in [7, 11) is 0. The molecule has 0 aliphatic heterocycles. The highest BCUT2D eigenvalue weighted by atomic mass is 32.1. The number of nitrogens with one attached hydrogen (secondary N) is 1. The summed E-state index contributed by atoms with van der Waals surface area (Å²) >= 11 is 1.18. The second-order valence-corrected chi connectivity index (χ2v) is 4.89. The minimum atomic E-state index is -0.145. The maximum Gasteiger partial charge on any atom is 0.267 e. The van der Waals surface area contributed by atoms with Crippen molar-refractivity contribution in [3.05, 3.63) is 41.4 Å². The van der Waals surface area contributed by atoms with Crippen LogP contribution in [0.4, 0.5) is 5.69 Å². The molecule has 0 aliphatic carbocycles. The molecule has 0 unspecified atom stereocenters. The Morgan fingerprint density at radius 2 is 2.32 bits per heavy atom. The molecule has 1 amide bonds. The third-order valence-corrected chi connectivity index (χ3v) is 3.27. The number of unbranched alkanes of at least 4 members (excludes halogenated alkanes) is 1. The molecule has 1 N–H and O–H groups in total. The fourth-order valence-electron chi connectivity index (χ4n) is 1.52. The fourth-order valence-corrected chi connectivity index (χ4v) is 2.01. The lowest BCUT2D eigenvalue weighted by atomic mass is 10.3. The molecular weight excluding hydrogens is 260 g/mol. The van der Waals surface area contributed by atoms with Gasteiger partial charge in [0.25, 0.3) is 5.91 Å². The van der Waals surface area contributed by atoms with Crippen LogP contribution >= 0.6 is 11.5 Å². The Kier molecular flexibility index (Phi) is 4.92. The summed E-state index contributed by atoms with van der Waals surface area (Å²) in [6.07, 6.45) is 3.74. The van der Waals surface area contributed by atoms with Crippen molar-refractivity contribution < 1.29 is 9.53 Å². The van der Waals surface area contributed by atoms with Crippen LogP contribution in [0.25, 0.3) is 0 Å². The second kappa shape index (κ2) is 6.89. The molecule has 1 aromatic heterocycles. The zero-order chi connectivity index (χ0) is 13.5. The molecule has 100 valence electrons. The Balaban J connectivity index is 1.97. The molecule has 0 spiro atoms. The normalized spacial score (nSPS) is 10.2. The number of rotatable bonds is 6. The molecular formula is C14H16N2O2S. The number of hydrogen-bond acceptors (Lipinski definition) is 4. The fraction of sp³-hybridized carbons (Fsp3) is 0.286. The summed E-state index contributed by atoms with van der Waals surface area (Å²) in [5.74, 6) is 0.628. The first-order valence-corrected chi connectivity index (χ1v) is 7.02. The minimum absolute atomic E-state index is 0.145. The van der Waals surface area contributed by atoms with Crippen LogP contribution in [0.5, 0.6) is 5.75 Å². The minimum Gasteiger partial charge on any atom is -0.494 e. The number of carbonyl (C=O) groups is 1. The van der Waals surface area contributed by atoms with E-state index in [0.717, 1.165) is 24.3 Å². The molecule has 2 rings (SSSR count). The van der Waals surface area contributed by atoms with Crippen molar-refractivity contribution in [2.24, 2.45) is 0 Å². The first-order chi connectivity index (χ1) is 9.29. The van der Waals surface area contributed by atoms with Gasteiger partial charge in [0.05, 0.1) is 6.61 Å². The SMILES string of the molecule is CCCCOc1cccc(NC(=O)c2ccns2)c1. The number of benzene rings is 1. The van der Waals surface area contributed by atoms with Gasteiger partial charge in [-0.15, -0.1) is 0 Å². The molecule has 0 fully saturated rings. The van der Waals surface area contributed by atoms with Crippen LogP contribution in [-0.2, 0) is 0 Å². The summed E-state index contributed by atoms with van der Waals surface area (Å²) in [5.41, 5.74) is 0.729. The largest absolute Gasteiger partial charge is 0.494 e. The lowest BCUT2D eigenvalue weighted by Crippen LogP contribution is -2.10. The Morgan fingerprint density at radius 1 is 1.42 bits per heavy atom. The number of amides is 1. The molecule has 0 radical (unpaired) electrons. The van der Waals surface area contributed by atoms with Gasteiger partial charge in [0, 0.05) is 18.0 Å². The van der Waals surface area contributed by atoms with E-state index >= 15 is 0 Å². The van der Waals surface area contributed by atoms with Gasteiger partial charge in [-0.2, -0.15) is 0 Å². The lowest BCUT2D eigenvalue weighted by Gasteiger charge is -2.08. The Bertz CT molecular complexity index is 526. The van der Waals surface area contributed by atoms with E-state index in [1.54, 1.807) is 12.3 Å². The van der Waals surface area contributed by atoms with E-state index in [1.165, 1.54) is 11.5 Å². The number of aromatic nitrogens is 1. The van der Waals surface area contributed by atoms with Gasteiger partial charge in [-0.1, -0.05) is 19.4 Å². The van der Waals surface area contributed by atoms with Crippen LogP contribution in [0.1, 0.15) is 29.4 Å². The maximum absolute atomic E-state index is 11.9. The van der Waals surface area contributed by atoms with Gasteiger partial charge in [-0.05, 0) is 36.2 Å². The van der Waals surface area contributed by atoms with E-state index < -0.39 is 0 Å². The van der Waals surface area contributed by atoms with Crippen LogP contribution in [0.2, 0.25) is 0 Å². The van der Waals surface area contributed by atoms with Crippen LogP contribution in [0, 0.1) is 0 Å². The van der Waals surface area contributed by atoms with Crippen molar-refractivity contribution in [1.82, 2.24) is 4.37 Å². The van der Waals surface area contributed by atoms with E-state index in [1.807, 2.05) is 24.3 Å². The Hall–Kier alpha value is -1.88. The lowest BCUT2D eigenvalue weighted by molar-refractivity contribution is 0.103. The Morgan fingerprint density at radius 3 is 3.05 bits per heavy atom. The predicted molar refractivity (Wildman–Crippen MR) is 76.9 cm³/mol. The van der Waals surface area contributed by atoms with E-state index in [-0.39, 0.29) is 5.91 Å². The summed E-state index contributed by atoms with van der Waals surface area (Å²) in [4.78, 5) is 12.5. The van der Waals surface area contributed by atoms with Gasteiger partial charge in [-0.3, -0.25) is 4.79 Å². The van der Waals surface area contributed by atoms with Gasteiger partial charge in [0.15, 0.2) is 0 Å². The first-order valence-electron chi connectivity index (χ1n) is 6.24. The van der Waals surface area contributed by atoms with Crippen LogP contribution in [-0.4, -0.2) is 16.9 Å². The van der Waals surface area contributed by atoms with Crippen molar-refractivity contribution in [2.75, 3.05) is 11.9 Å². The van der Waals surface area contributed by atoms with Crippen LogP contribution < -0.4 is 10.1 Å². The Labute approximate surface area is 116 Å². The van der Waals surface area contributed by atoms with Gasteiger partial charge < -0.3 is 10.1 Å². The van der Waals surface area contributed by atoms with E-state index in [9.17, 15) is 4.79 Å². The van der Waals surface area contributed by atoms with Crippen molar-refractivity contribution in [3.63, 3.8) is 0 Å². The highest BCUT2D eigenvalue weighted by Crippen LogP contribution is 2.19. The zero-order valence-electron chi connectivity index (χ0n) is 10.8. The molecule has 5 heteroatoms. The molecule has 4 nitrogen and oxygen atoms in total. The van der Waals surface area contributed by atoms with E-state index in [4.69, 9.17) is 4.74 Å². The smallest absolute Gasteiger partial charge is 0.267 e. The molecule has 2 aromatic rings. The second-order valence-electron chi connectivity index (χ2n) is 4.06. The van der Waals surface area contributed by atoms with E-state index in [0.29, 0.717) is 11.5 Å². The zero-order valence-corrected chi connectivity index (χ0v) is 11.6. The third-order valence-electron chi connectivity index (χ3n) is 2.52. The van der Waals surface area contributed by atoms with Gasteiger partial charge >= 0.3 is 0 Å². The predicted octanol–water partition coefficient (Wildman–Crippen LogP) is 3.57. The van der Waals surface area contributed by atoms with Crippen molar-refractivity contribution in [1.29, 1.82) is 0 Å². The number of hydrogen-bond donors (Lipinski definition) is 1. The highest BCUT2D eigenvalue weighted by molar-refractivity contribution is 7.08. The number of ether oxygens (including phenoxy) is 1. The topological polar surface area (TPSA) is 51.2 Å². The molecule has 1 aromatic carbocycles. The van der Waals surface area contributed by atoms with Crippen LogP contribution in [0.15, 0.2) is 36.5 Å².